The maximum Gasteiger partial charge on any atom is 0.231 e. The summed E-state index contributed by atoms with van der Waals surface area (Å²) < 4.78 is 16.4. The van der Waals surface area contributed by atoms with Crippen LogP contribution in [0.25, 0.3) is 10.8 Å². The van der Waals surface area contributed by atoms with E-state index in [-0.39, 0.29) is 24.9 Å². The molecule has 0 spiro atoms. The van der Waals surface area contributed by atoms with Gasteiger partial charge in [0.25, 0.3) is 0 Å². The fraction of sp³-hybridized carbons (Fsp3) is 0.393. The van der Waals surface area contributed by atoms with Crippen LogP contribution >= 0.6 is 0 Å². The highest BCUT2D eigenvalue weighted by atomic mass is 16.7. The Kier molecular flexibility index (Phi) is 6.09. The van der Waals surface area contributed by atoms with Gasteiger partial charge in [-0.15, -0.1) is 0 Å². The topological polar surface area (TPSA) is 51.2 Å². The molecule has 2 unspecified atom stereocenters. The average Bonchev–Trinajstić information content (AvgIpc) is 3.25. The Balaban J connectivity index is 1.36. The first-order valence-electron chi connectivity index (χ1n) is 12.0. The smallest absolute Gasteiger partial charge is 0.231 e. The van der Waals surface area contributed by atoms with Gasteiger partial charge in [-0.2, -0.15) is 0 Å². The van der Waals surface area contributed by atoms with Gasteiger partial charge in [0.1, 0.15) is 5.75 Å². The van der Waals surface area contributed by atoms with Crippen LogP contribution in [0.5, 0.6) is 17.2 Å². The van der Waals surface area contributed by atoms with Crippen LogP contribution in [-0.2, 0) is 17.6 Å². The lowest BCUT2D eigenvalue weighted by Gasteiger charge is -2.40. The second-order valence-corrected chi connectivity index (χ2v) is 9.19. The molecule has 6 heteroatoms. The van der Waals surface area contributed by atoms with Gasteiger partial charge in [0.05, 0.1) is 19.7 Å². The van der Waals surface area contributed by atoms with E-state index in [0.29, 0.717) is 13.0 Å². The first kappa shape index (κ1) is 22.5. The molecule has 3 aromatic rings. The van der Waals surface area contributed by atoms with E-state index in [2.05, 4.69) is 61.0 Å². The van der Waals surface area contributed by atoms with E-state index >= 15 is 0 Å². The van der Waals surface area contributed by atoms with Crippen molar-refractivity contribution in [2.45, 2.75) is 45.3 Å². The molecule has 5 rings (SSSR count). The highest BCUT2D eigenvalue weighted by molar-refractivity contribution is 5.84. The van der Waals surface area contributed by atoms with Crippen molar-refractivity contribution in [3.05, 3.63) is 65.2 Å². The number of amides is 1. The number of fused-ring (bicyclic) bond motifs is 3. The van der Waals surface area contributed by atoms with Crippen molar-refractivity contribution in [3.8, 4) is 17.2 Å². The van der Waals surface area contributed by atoms with Crippen LogP contribution in [-0.4, -0.2) is 49.4 Å². The van der Waals surface area contributed by atoms with Crippen LogP contribution in [0.3, 0.4) is 0 Å². The predicted molar refractivity (Wildman–Crippen MR) is 132 cm³/mol. The lowest BCUT2D eigenvalue weighted by atomic mass is 10.0. The molecule has 2 atom stereocenters. The largest absolute Gasteiger partial charge is 0.497 e. The second-order valence-electron chi connectivity index (χ2n) is 9.19. The third-order valence-corrected chi connectivity index (χ3v) is 7.34. The van der Waals surface area contributed by atoms with Gasteiger partial charge in [0.15, 0.2) is 11.5 Å². The van der Waals surface area contributed by atoms with Gasteiger partial charge in [-0.25, -0.2) is 0 Å². The van der Waals surface area contributed by atoms with E-state index < -0.39 is 0 Å². The van der Waals surface area contributed by atoms with Crippen LogP contribution in [0.4, 0.5) is 0 Å². The molecule has 0 aliphatic carbocycles. The molecule has 0 aromatic heterocycles. The second kappa shape index (κ2) is 9.18. The van der Waals surface area contributed by atoms with Crippen LogP contribution < -0.4 is 14.2 Å². The normalized spacial score (nSPS) is 17.0. The van der Waals surface area contributed by atoms with Crippen molar-refractivity contribution in [2.24, 2.45) is 0 Å². The quantitative estimate of drug-likeness (QED) is 0.522. The summed E-state index contributed by atoms with van der Waals surface area (Å²) >= 11 is 0. The maximum atomic E-state index is 13.4. The molecule has 2 aliphatic heterocycles. The zero-order valence-corrected chi connectivity index (χ0v) is 20.3. The summed E-state index contributed by atoms with van der Waals surface area (Å²) in [7, 11) is 3.81. The van der Waals surface area contributed by atoms with Gasteiger partial charge < -0.3 is 19.1 Å². The van der Waals surface area contributed by atoms with E-state index in [1.54, 1.807) is 7.11 Å². The first-order valence-corrected chi connectivity index (χ1v) is 12.0. The number of ether oxygens (including phenoxy) is 3. The van der Waals surface area contributed by atoms with Gasteiger partial charge in [-0.3, -0.25) is 9.69 Å². The Morgan fingerprint density at radius 3 is 2.47 bits per heavy atom. The molecule has 1 amide bonds. The number of carbonyl (C=O) groups is 1. The molecule has 0 saturated heterocycles. The summed E-state index contributed by atoms with van der Waals surface area (Å²) in [4.78, 5) is 17.8. The van der Waals surface area contributed by atoms with Crippen LogP contribution in [0.2, 0.25) is 0 Å². The molecule has 3 aromatic carbocycles. The Morgan fingerprint density at radius 1 is 1.03 bits per heavy atom. The van der Waals surface area contributed by atoms with Crippen molar-refractivity contribution < 1.29 is 19.0 Å². The fourth-order valence-electron chi connectivity index (χ4n) is 5.22. The summed E-state index contributed by atoms with van der Waals surface area (Å²) in [5, 5.41) is 2.34. The molecular formula is C28H32N2O4. The Bertz CT molecular complexity index is 1220. The summed E-state index contributed by atoms with van der Waals surface area (Å²) in [6, 6.07) is 16.9. The van der Waals surface area contributed by atoms with E-state index in [1.807, 2.05) is 18.2 Å². The maximum absolute atomic E-state index is 13.4. The first-order chi connectivity index (χ1) is 16.5. The summed E-state index contributed by atoms with van der Waals surface area (Å²) in [5.41, 5.74) is 3.46. The molecular weight excluding hydrogens is 428 g/mol. The van der Waals surface area contributed by atoms with Crippen LogP contribution in [0.15, 0.2) is 48.5 Å². The summed E-state index contributed by atoms with van der Waals surface area (Å²) in [6.45, 7) is 5.31. The number of nitrogens with zero attached hydrogens (tertiary/aromatic N) is 2. The number of rotatable bonds is 6. The van der Waals surface area contributed by atoms with Crippen molar-refractivity contribution in [1.82, 2.24) is 9.80 Å². The van der Waals surface area contributed by atoms with E-state index in [9.17, 15) is 4.79 Å². The molecule has 0 bridgehead atoms. The zero-order valence-electron chi connectivity index (χ0n) is 20.3. The molecule has 0 N–H and O–H groups in total. The summed E-state index contributed by atoms with van der Waals surface area (Å²) in [6.07, 6.45) is 2.08. The zero-order chi connectivity index (χ0) is 23.8. The molecule has 2 heterocycles. The molecule has 0 saturated carbocycles. The standard InChI is InChI=1S/C28H32N2O4/c1-5-27(29(3)18(2)19-6-7-21-13-24(32-4)9-8-20(21)12-19)30-11-10-22-14-25-26(34-17-33-25)15-23(22)16-28(30)31/h6-9,12-15,18,27H,5,10-11,16-17H2,1-4H3. The number of hydrogen-bond donors (Lipinski definition) is 0. The lowest BCUT2D eigenvalue weighted by Crippen LogP contribution is -2.50. The van der Waals surface area contributed by atoms with E-state index in [0.717, 1.165) is 41.0 Å². The highest BCUT2D eigenvalue weighted by Crippen LogP contribution is 2.37. The number of carbonyl (C=O) groups excluding carboxylic acids is 1. The van der Waals surface area contributed by atoms with Gasteiger partial charge in [-0.05, 0) is 84.6 Å². The minimum absolute atomic E-state index is 0.0164. The summed E-state index contributed by atoms with van der Waals surface area (Å²) in [5.74, 6) is 2.55. The molecule has 0 fully saturated rings. The predicted octanol–water partition coefficient (Wildman–Crippen LogP) is 4.93. The van der Waals surface area contributed by atoms with Crippen molar-refractivity contribution in [2.75, 3.05) is 27.5 Å². The molecule has 0 radical (unpaired) electrons. The van der Waals surface area contributed by atoms with E-state index in [1.165, 1.54) is 16.5 Å². The van der Waals surface area contributed by atoms with Gasteiger partial charge >= 0.3 is 0 Å². The van der Waals surface area contributed by atoms with Crippen molar-refractivity contribution in [1.29, 1.82) is 0 Å². The van der Waals surface area contributed by atoms with Crippen molar-refractivity contribution in [3.63, 3.8) is 0 Å². The Morgan fingerprint density at radius 2 is 1.74 bits per heavy atom. The highest BCUT2D eigenvalue weighted by Gasteiger charge is 2.32. The third-order valence-electron chi connectivity index (χ3n) is 7.34. The minimum Gasteiger partial charge on any atom is -0.497 e. The average molecular weight is 461 g/mol. The van der Waals surface area contributed by atoms with Crippen LogP contribution in [0.1, 0.15) is 43.0 Å². The van der Waals surface area contributed by atoms with Crippen molar-refractivity contribution >= 4 is 16.7 Å². The van der Waals surface area contributed by atoms with Gasteiger partial charge in [0, 0.05) is 12.6 Å². The SMILES string of the molecule is CCC(N1CCc2cc3c(cc2CC1=O)OCO3)N(C)C(C)c1ccc2cc(OC)ccc2c1. The third kappa shape index (κ3) is 4.07. The Labute approximate surface area is 201 Å². The van der Waals surface area contributed by atoms with E-state index in [4.69, 9.17) is 14.2 Å². The molecule has 2 aliphatic rings. The minimum atomic E-state index is 0.0164. The van der Waals surface area contributed by atoms with Gasteiger partial charge in [-0.1, -0.05) is 25.1 Å². The number of benzene rings is 3. The molecule has 178 valence electrons. The lowest BCUT2D eigenvalue weighted by molar-refractivity contribution is -0.137. The Hall–Kier alpha value is -3.25. The monoisotopic (exact) mass is 460 g/mol. The number of hydrogen-bond acceptors (Lipinski definition) is 5. The van der Waals surface area contributed by atoms with Crippen LogP contribution in [0, 0.1) is 0 Å². The van der Waals surface area contributed by atoms with Gasteiger partial charge in [0.2, 0.25) is 12.7 Å². The fourth-order valence-corrected chi connectivity index (χ4v) is 5.22. The molecule has 34 heavy (non-hydrogen) atoms. The number of methoxy groups -OCH3 is 1. The molecule has 6 nitrogen and oxygen atoms in total.